The van der Waals surface area contributed by atoms with E-state index in [1.54, 1.807) is 26.0 Å². The molecule has 0 aliphatic carbocycles. The SMILES string of the molecule is Cc1cc(N)c(C)c(S(=O)(=O)NC2CCC(=O)NC2)c1. The van der Waals surface area contributed by atoms with Crippen molar-refractivity contribution in [3.05, 3.63) is 23.3 Å². The number of anilines is 1. The Hall–Kier alpha value is -1.60. The molecule has 2 rings (SSSR count). The summed E-state index contributed by atoms with van der Waals surface area (Å²) in [6, 6.07) is 3.07. The fourth-order valence-corrected chi connectivity index (χ4v) is 3.88. The van der Waals surface area contributed by atoms with Gasteiger partial charge < -0.3 is 11.1 Å². The van der Waals surface area contributed by atoms with Gasteiger partial charge in [0.15, 0.2) is 0 Å². The monoisotopic (exact) mass is 297 g/mol. The highest BCUT2D eigenvalue weighted by molar-refractivity contribution is 7.89. The molecule has 110 valence electrons. The Bertz CT molecular complexity index is 631. The van der Waals surface area contributed by atoms with Crippen LogP contribution in [0.5, 0.6) is 0 Å². The lowest BCUT2D eigenvalue weighted by atomic mass is 10.1. The van der Waals surface area contributed by atoms with Gasteiger partial charge in [0.05, 0.1) is 4.90 Å². The number of nitrogens with one attached hydrogen (secondary N) is 2. The van der Waals surface area contributed by atoms with E-state index in [0.717, 1.165) is 5.56 Å². The highest BCUT2D eigenvalue weighted by Crippen LogP contribution is 2.23. The maximum atomic E-state index is 12.4. The van der Waals surface area contributed by atoms with Gasteiger partial charge in [0.25, 0.3) is 0 Å². The number of nitrogen functional groups attached to an aromatic ring is 1. The van der Waals surface area contributed by atoms with Crippen molar-refractivity contribution < 1.29 is 13.2 Å². The first-order valence-electron chi connectivity index (χ1n) is 6.45. The van der Waals surface area contributed by atoms with Crippen LogP contribution in [-0.2, 0) is 14.8 Å². The van der Waals surface area contributed by atoms with Crippen LogP contribution in [-0.4, -0.2) is 26.9 Å². The fraction of sp³-hybridized carbons (Fsp3) is 0.462. The number of hydrogen-bond acceptors (Lipinski definition) is 4. The number of aryl methyl sites for hydroxylation is 1. The van der Waals surface area contributed by atoms with Crippen LogP contribution in [0.1, 0.15) is 24.0 Å². The summed E-state index contributed by atoms with van der Waals surface area (Å²) in [7, 11) is -3.63. The molecule has 1 aliphatic rings. The van der Waals surface area contributed by atoms with E-state index in [2.05, 4.69) is 10.0 Å². The van der Waals surface area contributed by atoms with Crippen molar-refractivity contribution in [1.29, 1.82) is 0 Å². The molecule has 0 radical (unpaired) electrons. The summed E-state index contributed by atoms with van der Waals surface area (Å²) in [4.78, 5) is 11.3. The standard InChI is InChI=1S/C13H19N3O3S/c1-8-5-11(14)9(2)12(6-8)20(18,19)16-10-3-4-13(17)15-7-10/h5-6,10,16H,3-4,7,14H2,1-2H3,(H,15,17). The highest BCUT2D eigenvalue weighted by Gasteiger charge is 2.25. The molecule has 0 saturated carbocycles. The molecule has 0 spiro atoms. The van der Waals surface area contributed by atoms with Crippen LogP contribution >= 0.6 is 0 Å². The minimum atomic E-state index is -3.63. The Balaban J connectivity index is 2.25. The molecule has 1 aromatic rings. The van der Waals surface area contributed by atoms with Crippen LogP contribution in [0.15, 0.2) is 17.0 Å². The van der Waals surface area contributed by atoms with Gasteiger partial charge in [0, 0.05) is 24.7 Å². The Kier molecular flexibility index (Phi) is 4.01. The normalized spacial score (nSPS) is 19.7. The van der Waals surface area contributed by atoms with E-state index in [-0.39, 0.29) is 16.8 Å². The van der Waals surface area contributed by atoms with Crippen molar-refractivity contribution >= 4 is 21.6 Å². The van der Waals surface area contributed by atoms with Crippen LogP contribution in [0.2, 0.25) is 0 Å². The molecule has 1 aromatic carbocycles. The Labute approximate surface area is 118 Å². The van der Waals surface area contributed by atoms with Crippen LogP contribution in [0.4, 0.5) is 5.69 Å². The molecule has 1 saturated heterocycles. The van der Waals surface area contributed by atoms with Gasteiger partial charge in [-0.15, -0.1) is 0 Å². The molecule has 1 atom stereocenters. The van der Waals surface area contributed by atoms with Crippen molar-refractivity contribution in [2.24, 2.45) is 0 Å². The van der Waals surface area contributed by atoms with Crippen molar-refractivity contribution in [1.82, 2.24) is 10.0 Å². The zero-order chi connectivity index (χ0) is 14.9. The third-order valence-corrected chi connectivity index (χ3v) is 5.07. The van der Waals surface area contributed by atoms with Crippen molar-refractivity contribution in [3.8, 4) is 0 Å². The Morgan fingerprint density at radius 1 is 1.35 bits per heavy atom. The van der Waals surface area contributed by atoms with E-state index in [9.17, 15) is 13.2 Å². The maximum Gasteiger partial charge on any atom is 0.241 e. The maximum absolute atomic E-state index is 12.4. The third-order valence-electron chi connectivity index (χ3n) is 3.42. The van der Waals surface area contributed by atoms with E-state index < -0.39 is 10.0 Å². The number of rotatable bonds is 3. The average molecular weight is 297 g/mol. The van der Waals surface area contributed by atoms with Crippen LogP contribution < -0.4 is 15.8 Å². The first-order chi connectivity index (χ1) is 9.29. The first-order valence-corrected chi connectivity index (χ1v) is 7.93. The van der Waals surface area contributed by atoms with Gasteiger partial charge in [0.2, 0.25) is 15.9 Å². The van der Waals surface area contributed by atoms with Gasteiger partial charge >= 0.3 is 0 Å². The summed E-state index contributed by atoms with van der Waals surface area (Å²) >= 11 is 0. The third kappa shape index (κ3) is 3.10. The topological polar surface area (TPSA) is 101 Å². The highest BCUT2D eigenvalue weighted by atomic mass is 32.2. The van der Waals surface area contributed by atoms with Crippen molar-refractivity contribution in [2.75, 3.05) is 12.3 Å². The summed E-state index contributed by atoms with van der Waals surface area (Å²) in [5.74, 6) is -0.0450. The van der Waals surface area contributed by atoms with E-state index in [4.69, 9.17) is 5.73 Å². The number of carbonyl (C=O) groups excluding carboxylic acids is 1. The number of amides is 1. The molecule has 1 heterocycles. The zero-order valence-electron chi connectivity index (χ0n) is 11.6. The molecule has 0 aromatic heterocycles. The number of nitrogens with two attached hydrogens (primary N) is 1. The second kappa shape index (κ2) is 5.41. The van der Waals surface area contributed by atoms with Gasteiger partial charge in [-0.2, -0.15) is 0 Å². The van der Waals surface area contributed by atoms with Crippen LogP contribution in [0.3, 0.4) is 0 Å². The lowest BCUT2D eigenvalue weighted by Gasteiger charge is -2.24. The molecule has 6 nitrogen and oxygen atoms in total. The van der Waals surface area contributed by atoms with E-state index >= 15 is 0 Å². The smallest absolute Gasteiger partial charge is 0.241 e. The van der Waals surface area contributed by atoms with Crippen LogP contribution in [0, 0.1) is 13.8 Å². The molecule has 1 fully saturated rings. The van der Waals surface area contributed by atoms with Gasteiger partial charge in [0.1, 0.15) is 0 Å². The summed E-state index contributed by atoms with van der Waals surface area (Å²) in [6.07, 6.45) is 0.841. The number of hydrogen-bond donors (Lipinski definition) is 3. The largest absolute Gasteiger partial charge is 0.398 e. The summed E-state index contributed by atoms with van der Waals surface area (Å²) in [5.41, 5.74) is 7.62. The molecular weight excluding hydrogens is 278 g/mol. The molecular formula is C13H19N3O3S. The predicted octanol–water partition coefficient (Wildman–Crippen LogP) is 0.443. The number of piperidine rings is 1. The summed E-state index contributed by atoms with van der Waals surface area (Å²) in [6.45, 7) is 3.81. The molecule has 20 heavy (non-hydrogen) atoms. The quantitative estimate of drug-likeness (QED) is 0.705. The molecule has 4 N–H and O–H groups in total. The lowest BCUT2D eigenvalue weighted by Crippen LogP contribution is -2.47. The second-order valence-corrected chi connectivity index (χ2v) is 6.82. The molecule has 0 bridgehead atoms. The number of benzene rings is 1. The molecule has 1 unspecified atom stereocenters. The minimum absolute atomic E-state index is 0.0450. The summed E-state index contributed by atoms with van der Waals surface area (Å²) < 4.78 is 27.5. The van der Waals surface area contributed by atoms with Gasteiger partial charge in [-0.1, -0.05) is 0 Å². The van der Waals surface area contributed by atoms with Gasteiger partial charge in [-0.3, -0.25) is 4.79 Å². The summed E-state index contributed by atoms with van der Waals surface area (Å²) in [5, 5.41) is 2.65. The number of sulfonamides is 1. The first kappa shape index (κ1) is 14.8. The Morgan fingerprint density at radius 2 is 2.05 bits per heavy atom. The van der Waals surface area contributed by atoms with E-state index in [1.807, 2.05) is 0 Å². The second-order valence-electron chi connectivity index (χ2n) is 5.14. The minimum Gasteiger partial charge on any atom is -0.398 e. The average Bonchev–Trinajstić information content (AvgIpc) is 2.36. The lowest BCUT2D eigenvalue weighted by molar-refractivity contribution is -0.122. The zero-order valence-corrected chi connectivity index (χ0v) is 12.4. The van der Waals surface area contributed by atoms with E-state index in [1.165, 1.54) is 0 Å². The molecule has 7 heteroatoms. The van der Waals surface area contributed by atoms with Crippen molar-refractivity contribution in [2.45, 2.75) is 37.6 Å². The van der Waals surface area contributed by atoms with Crippen molar-refractivity contribution in [3.63, 3.8) is 0 Å². The van der Waals surface area contributed by atoms with Gasteiger partial charge in [-0.25, -0.2) is 13.1 Å². The van der Waals surface area contributed by atoms with Crippen LogP contribution in [0.25, 0.3) is 0 Å². The van der Waals surface area contributed by atoms with E-state index in [0.29, 0.717) is 30.6 Å². The molecule has 1 amide bonds. The number of carbonyl (C=O) groups is 1. The predicted molar refractivity (Wildman–Crippen MR) is 76.7 cm³/mol. The fourth-order valence-electron chi connectivity index (χ4n) is 2.25. The Morgan fingerprint density at radius 3 is 2.65 bits per heavy atom. The van der Waals surface area contributed by atoms with Gasteiger partial charge in [-0.05, 0) is 43.5 Å². The molecule has 1 aliphatic heterocycles.